The van der Waals surface area contributed by atoms with E-state index in [1.165, 1.54) is 21.3 Å². The van der Waals surface area contributed by atoms with Crippen LogP contribution in [0.5, 0.6) is 0 Å². The largest absolute Gasteiger partial charge is 0.310 e. The molecule has 0 aliphatic carbocycles. The summed E-state index contributed by atoms with van der Waals surface area (Å²) in [5.74, 6) is -0.177. The maximum Gasteiger partial charge on any atom is 0.123 e. The summed E-state index contributed by atoms with van der Waals surface area (Å²) in [7, 11) is 0. The molecule has 2 aromatic rings. The highest BCUT2D eigenvalue weighted by Gasteiger charge is 2.04. The maximum atomic E-state index is 12.8. The summed E-state index contributed by atoms with van der Waals surface area (Å²) in [6.45, 7) is 3.05. The molecule has 0 aromatic heterocycles. The van der Waals surface area contributed by atoms with Crippen molar-refractivity contribution in [2.45, 2.75) is 19.4 Å². The highest BCUT2D eigenvalue weighted by atomic mass is 127. The van der Waals surface area contributed by atoms with E-state index in [2.05, 4.69) is 59.1 Å². The molecule has 1 atom stereocenters. The molecule has 1 unspecified atom stereocenters. The smallest absolute Gasteiger partial charge is 0.123 e. The summed E-state index contributed by atoms with van der Waals surface area (Å²) in [4.78, 5) is 0. The Morgan fingerprint density at radius 1 is 1.05 bits per heavy atom. The van der Waals surface area contributed by atoms with Gasteiger partial charge in [0.15, 0.2) is 0 Å². The van der Waals surface area contributed by atoms with Crippen molar-refractivity contribution in [3.63, 3.8) is 0 Å². The van der Waals surface area contributed by atoms with Gasteiger partial charge in [-0.05, 0) is 77.9 Å². The summed E-state index contributed by atoms with van der Waals surface area (Å²) in [6.07, 6.45) is 0.912. The molecule has 0 amide bonds. The Bertz CT molecular complexity index is 507. The third kappa shape index (κ3) is 4.58. The zero-order chi connectivity index (χ0) is 13.7. The lowest BCUT2D eigenvalue weighted by Crippen LogP contribution is -2.21. The van der Waals surface area contributed by atoms with Crippen LogP contribution < -0.4 is 5.32 Å². The highest BCUT2D eigenvalue weighted by Crippen LogP contribution is 2.14. The Morgan fingerprint density at radius 2 is 1.68 bits per heavy atom. The van der Waals surface area contributed by atoms with Crippen molar-refractivity contribution in [3.05, 3.63) is 69.0 Å². The van der Waals surface area contributed by atoms with Gasteiger partial charge in [0, 0.05) is 9.61 Å². The lowest BCUT2D eigenvalue weighted by molar-refractivity contribution is 0.576. The molecule has 1 nitrogen and oxygen atoms in total. The van der Waals surface area contributed by atoms with Crippen LogP contribution in [0.2, 0.25) is 0 Å². The van der Waals surface area contributed by atoms with E-state index in [-0.39, 0.29) is 5.82 Å². The first-order chi connectivity index (χ1) is 9.15. The lowest BCUT2D eigenvalue weighted by atomic mass is 10.1. The van der Waals surface area contributed by atoms with Crippen LogP contribution in [-0.2, 0) is 6.42 Å². The second-order valence-electron chi connectivity index (χ2n) is 4.60. The molecule has 1 N–H and O–H groups in total. The Kier molecular flexibility index (Phi) is 5.34. The Hall–Kier alpha value is -0.940. The predicted molar refractivity (Wildman–Crippen MR) is 85.7 cm³/mol. The van der Waals surface area contributed by atoms with E-state index < -0.39 is 0 Å². The van der Waals surface area contributed by atoms with Crippen LogP contribution in [0.1, 0.15) is 24.1 Å². The van der Waals surface area contributed by atoms with Gasteiger partial charge >= 0.3 is 0 Å². The second-order valence-corrected chi connectivity index (χ2v) is 5.85. The lowest BCUT2D eigenvalue weighted by Gasteiger charge is -2.14. The van der Waals surface area contributed by atoms with E-state index in [1.807, 2.05) is 12.1 Å². The third-order valence-electron chi connectivity index (χ3n) is 3.15. The number of rotatable bonds is 5. The minimum atomic E-state index is -0.177. The van der Waals surface area contributed by atoms with Crippen LogP contribution in [0.4, 0.5) is 4.39 Å². The predicted octanol–water partition coefficient (Wildman–Crippen LogP) is 4.32. The van der Waals surface area contributed by atoms with Crippen molar-refractivity contribution >= 4 is 22.6 Å². The molecule has 2 aromatic carbocycles. The van der Waals surface area contributed by atoms with Gasteiger partial charge in [0.05, 0.1) is 0 Å². The first-order valence-electron chi connectivity index (χ1n) is 6.38. The van der Waals surface area contributed by atoms with E-state index in [4.69, 9.17) is 0 Å². The summed E-state index contributed by atoms with van der Waals surface area (Å²) in [5.41, 5.74) is 2.45. The molecule has 0 radical (unpaired) electrons. The fraction of sp³-hybridized carbons (Fsp3) is 0.250. The van der Waals surface area contributed by atoms with Gasteiger partial charge in [-0.25, -0.2) is 4.39 Å². The van der Waals surface area contributed by atoms with Crippen molar-refractivity contribution in [2.24, 2.45) is 0 Å². The number of benzene rings is 2. The van der Waals surface area contributed by atoms with Crippen molar-refractivity contribution in [2.75, 3.05) is 6.54 Å². The molecule has 0 saturated carbocycles. The summed E-state index contributed by atoms with van der Waals surface area (Å²) in [6, 6.07) is 15.6. The van der Waals surface area contributed by atoms with E-state index >= 15 is 0 Å². The van der Waals surface area contributed by atoms with Gasteiger partial charge in [0.1, 0.15) is 5.82 Å². The molecule has 19 heavy (non-hydrogen) atoms. The second kappa shape index (κ2) is 7.01. The van der Waals surface area contributed by atoms with Crippen LogP contribution in [0, 0.1) is 9.39 Å². The van der Waals surface area contributed by atoms with Crippen molar-refractivity contribution < 1.29 is 4.39 Å². The maximum absolute atomic E-state index is 12.8. The fourth-order valence-electron chi connectivity index (χ4n) is 1.95. The monoisotopic (exact) mass is 369 g/mol. The minimum Gasteiger partial charge on any atom is -0.310 e. The zero-order valence-corrected chi connectivity index (χ0v) is 13.0. The van der Waals surface area contributed by atoms with Gasteiger partial charge in [-0.15, -0.1) is 0 Å². The van der Waals surface area contributed by atoms with Crippen LogP contribution >= 0.6 is 22.6 Å². The van der Waals surface area contributed by atoms with Gasteiger partial charge in [0.25, 0.3) is 0 Å². The summed E-state index contributed by atoms with van der Waals surface area (Å²) in [5, 5.41) is 3.49. The molecule has 0 saturated heterocycles. The fourth-order valence-corrected chi connectivity index (χ4v) is 2.31. The average molecular weight is 369 g/mol. The minimum absolute atomic E-state index is 0.177. The standard InChI is InChI=1S/C16H17FIN/c1-12(14-4-8-16(18)9-5-14)19-11-10-13-2-6-15(17)7-3-13/h2-9,12,19H,10-11H2,1H3. The van der Waals surface area contributed by atoms with Crippen molar-refractivity contribution in [1.29, 1.82) is 0 Å². The molecule has 0 fully saturated rings. The molecule has 3 heteroatoms. The molecule has 100 valence electrons. The number of nitrogens with one attached hydrogen (secondary N) is 1. The molecule has 0 aliphatic rings. The molecule has 0 heterocycles. The van der Waals surface area contributed by atoms with Crippen molar-refractivity contribution in [3.8, 4) is 0 Å². The first-order valence-corrected chi connectivity index (χ1v) is 7.46. The van der Waals surface area contributed by atoms with E-state index in [0.717, 1.165) is 18.5 Å². The van der Waals surface area contributed by atoms with Crippen LogP contribution in [0.25, 0.3) is 0 Å². The Balaban J connectivity index is 1.82. The summed E-state index contributed by atoms with van der Waals surface area (Å²) < 4.78 is 14.0. The van der Waals surface area contributed by atoms with E-state index in [0.29, 0.717) is 6.04 Å². The van der Waals surface area contributed by atoms with Gasteiger partial charge in [-0.3, -0.25) is 0 Å². The average Bonchev–Trinajstić information content (AvgIpc) is 2.41. The van der Waals surface area contributed by atoms with Gasteiger partial charge in [-0.1, -0.05) is 24.3 Å². The first kappa shape index (κ1) is 14.5. The zero-order valence-electron chi connectivity index (χ0n) is 10.9. The number of halogens is 2. The molecular formula is C16H17FIN. The Labute approximate surface area is 127 Å². The topological polar surface area (TPSA) is 12.0 Å². The van der Waals surface area contributed by atoms with E-state index in [9.17, 15) is 4.39 Å². The van der Waals surface area contributed by atoms with E-state index in [1.54, 1.807) is 0 Å². The normalized spacial score (nSPS) is 12.4. The Morgan fingerprint density at radius 3 is 2.32 bits per heavy atom. The van der Waals surface area contributed by atoms with Crippen LogP contribution in [0.15, 0.2) is 48.5 Å². The molecule has 0 spiro atoms. The van der Waals surface area contributed by atoms with Gasteiger partial charge in [0.2, 0.25) is 0 Å². The number of hydrogen-bond donors (Lipinski definition) is 1. The van der Waals surface area contributed by atoms with Crippen molar-refractivity contribution in [1.82, 2.24) is 5.32 Å². The van der Waals surface area contributed by atoms with Gasteiger partial charge < -0.3 is 5.32 Å². The highest BCUT2D eigenvalue weighted by molar-refractivity contribution is 14.1. The van der Waals surface area contributed by atoms with Crippen LogP contribution in [0.3, 0.4) is 0 Å². The quantitative estimate of drug-likeness (QED) is 0.774. The van der Waals surface area contributed by atoms with Gasteiger partial charge in [-0.2, -0.15) is 0 Å². The molecule has 0 aliphatic heterocycles. The molecule has 0 bridgehead atoms. The SMILES string of the molecule is CC(NCCc1ccc(F)cc1)c1ccc(I)cc1. The van der Waals surface area contributed by atoms with Crippen LogP contribution in [-0.4, -0.2) is 6.54 Å². The molecule has 2 rings (SSSR count). The number of hydrogen-bond acceptors (Lipinski definition) is 1. The third-order valence-corrected chi connectivity index (χ3v) is 3.87. The summed E-state index contributed by atoms with van der Waals surface area (Å²) >= 11 is 2.31. The molecular weight excluding hydrogens is 352 g/mol.